The number of hydrogen-bond donors (Lipinski definition) is 1. The van der Waals surface area contributed by atoms with Crippen LogP contribution in [0.5, 0.6) is 0 Å². The molecule has 1 saturated heterocycles. The van der Waals surface area contributed by atoms with Gasteiger partial charge in [-0.25, -0.2) is 8.78 Å². The van der Waals surface area contributed by atoms with E-state index in [-0.39, 0.29) is 6.61 Å². The molecule has 1 fully saturated rings. The summed E-state index contributed by atoms with van der Waals surface area (Å²) in [6.45, 7) is 3.89. The van der Waals surface area contributed by atoms with Crippen molar-refractivity contribution in [2.45, 2.75) is 44.7 Å². The summed E-state index contributed by atoms with van der Waals surface area (Å²) in [7, 11) is 0. The summed E-state index contributed by atoms with van der Waals surface area (Å²) >= 11 is 0. The molecule has 0 radical (unpaired) electrons. The maximum absolute atomic E-state index is 12.6. The number of alkyl halides is 2. The van der Waals surface area contributed by atoms with Crippen molar-refractivity contribution in [3.8, 4) is 0 Å². The second-order valence-corrected chi connectivity index (χ2v) is 3.77. The first-order chi connectivity index (χ1) is 5.72. The maximum Gasteiger partial charge on any atom is 0.273 e. The molecule has 2 unspecified atom stereocenters. The third kappa shape index (κ3) is 2.59. The molecule has 13 heavy (non-hydrogen) atoms. The zero-order valence-corrected chi connectivity index (χ0v) is 7.88. The molecule has 0 aromatic heterocycles. The molecule has 3 nitrogen and oxygen atoms in total. The second-order valence-electron chi connectivity index (χ2n) is 3.77. The van der Waals surface area contributed by atoms with E-state index >= 15 is 0 Å². The minimum absolute atomic E-state index is 0.00238. The van der Waals surface area contributed by atoms with Crippen LogP contribution in [-0.2, 0) is 9.47 Å². The van der Waals surface area contributed by atoms with Gasteiger partial charge in [0.1, 0.15) is 12.2 Å². The van der Waals surface area contributed by atoms with Gasteiger partial charge in [-0.15, -0.1) is 0 Å². The molecule has 0 bridgehead atoms. The van der Waals surface area contributed by atoms with E-state index in [0.717, 1.165) is 0 Å². The zero-order valence-electron chi connectivity index (χ0n) is 7.88. The Morgan fingerprint density at radius 3 is 2.38 bits per heavy atom. The minimum atomic E-state index is -3.16. The topological polar surface area (TPSA) is 38.7 Å². The molecule has 0 aromatic rings. The summed E-state index contributed by atoms with van der Waals surface area (Å²) in [5.74, 6) is -4.04. The molecule has 1 rings (SSSR count). The fourth-order valence-electron chi connectivity index (χ4n) is 1.20. The smallest absolute Gasteiger partial charge is 0.273 e. The Bertz CT molecular complexity index is 188. The van der Waals surface area contributed by atoms with E-state index in [1.165, 1.54) is 0 Å². The van der Waals surface area contributed by atoms with Crippen molar-refractivity contribution in [1.29, 1.82) is 0 Å². The molecule has 78 valence electrons. The zero-order chi connectivity index (χ0) is 10.3. The molecule has 0 aromatic carbocycles. The molecule has 0 saturated carbocycles. The van der Waals surface area contributed by atoms with Gasteiger partial charge in [-0.05, 0) is 13.8 Å². The third-order valence-corrected chi connectivity index (χ3v) is 1.90. The first-order valence-electron chi connectivity index (χ1n) is 4.10. The summed E-state index contributed by atoms with van der Waals surface area (Å²) in [4.78, 5) is 0. The van der Waals surface area contributed by atoms with Gasteiger partial charge in [-0.3, -0.25) is 0 Å². The molecular formula is C8H14F2O3. The van der Waals surface area contributed by atoms with Crippen LogP contribution in [0.1, 0.15) is 20.8 Å². The maximum atomic E-state index is 12.6. The van der Waals surface area contributed by atoms with Gasteiger partial charge in [0.25, 0.3) is 5.92 Å². The van der Waals surface area contributed by atoms with Crippen molar-refractivity contribution in [1.82, 2.24) is 0 Å². The summed E-state index contributed by atoms with van der Waals surface area (Å²) < 4.78 is 35.4. The van der Waals surface area contributed by atoms with Crippen LogP contribution in [0.3, 0.4) is 0 Å². The third-order valence-electron chi connectivity index (χ3n) is 1.90. The minimum Gasteiger partial charge on any atom is -0.384 e. The Balaban J connectivity index is 2.57. The Hall–Kier alpha value is -0.260. The van der Waals surface area contributed by atoms with Crippen LogP contribution in [0.15, 0.2) is 0 Å². The summed E-state index contributed by atoms with van der Waals surface area (Å²) in [6, 6.07) is 0. The molecule has 0 aliphatic carbocycles. The van der Waals surface area contributed by atoms with E-state index in [1.54, 1.807) is 13.8 Å². The van der Waals surface area contributed by atoms with E-state index in [9.17, 15) is 8.78 Å². The molecule has 0 amide bonds. The average Bonchev–Trinajstić information content (AvgIpc) is 2.26. The Morgan fingerprint density at radius 1 is 1.54 bits per heavy atom. The number of aliphatic hydroxyl groups is 1. The van der Waals surface area contributed by atoms with Gasteiger partial charge in [0.05, 0.1) is 6.61 Å². The number of aliphatic hydroxyl groups excluding tert-OH is 1. The monoisotopic (exact) mass is 196 g/mol. The molecular weight excluding hydrogens is 182 g/mol. The van der Waals surface area contributed by atoms with Gasteiger partial charge in [0, 0.05) is 6.92 Å². The predicted molar refractivity (Wildman–Crippen MR) is 41.5 cm³/mol. The number of rotatable bonds is 2. The lowest BCUT2D eigenvalue weighted by molar-refractivity contribution is -0.183. The van der Waals surface area contributed by atoms with Gasteiger partial charge in [0.15, 0.2) is 5.79 Å². The molecule has 2 atom stereocenters. The Morgan fingerprint density at radius 2 is 2.08 bits per heavy atom. The summed E-state index contributed by atoms with van der Waals surface area (Å²) in [5.41, 5.74) is 0. The molecule has 1 N–H and O–H groups in total. The van der Waals surface area contributed by atoms with Crippen molar-refractivity contribution in [2.24, 2.45) is 0 Å². The van der Waals surface area contributed by atoms with E-state index in [4.69, 9.17) is 14.6 Å². The molecule has 1 aliphatic rings. The second kappa shape index (κ2) is 3.15. The normalized spacial score (nSPS) is 30.5. The quantitative estimate of drug-likeness (QED) is 0.720. The molecule has 1 aliphatic heterocycles. The highest BCUT2D eigenvalue weighted by Crippen LogP contribution is 2.30. The Labute approximate surface area is 75.6 Å². The fourth-order valence-corrected chi connectivity index (χ4v) is 1.20. The van der Waals surface area contributed by atoms with Crippen LogP contribution in [0.4, 0.5) is 8.78 Å². The predicted octanol–water partition coefficient (Wildman–Crippen LogP) is 1.15. The summed E-state index contributed by atoms with van der Waals surface area (Å²) in [6.07, 6.45) is -2.76. The molecule has 1 heterocycles. The average molecular weight is 196 g/mol. The van der Waals surface area contributed by atoms with Crippen LogP contribution in [-0.4, -0.2) is 35.6 Å². The molecule has 0 spiro atoms. The number of halogens is 2. The highest BCUT2D eigenvalue weighted by molar-refractivity contribution is 4.84. The standard InChI is InChI=1S/C8H14F2O3/c1-7(2)12-4-5(13-7)6(11)8(3,9)10/h5-6,11H,4H2,1-3H3. The van der Waals surface area contributed by atoms with Crippen LogP contribution in [0.25, 0.3) is 0 Å². The number of ether oxygens (including phenoxy) is 2. The van der Waals surface area contributed by atoms with E-state index < -0.39 is 23.9 Å². The first kappa shape index (κ1) is 10.8. The van der Waals surface area contributed by atoms with Crippen molar-refractivity contribution in [3.63, 3.8) is 0 Å². The van der Waals surface area contributed by atoms with Gasteiger partial charge >= 0.3 is 0 Å². The lowest BCUT2D eigenvalue weighted by Crippen LogP contribution is -2.42. The SMILES string of the molecule is CC1(C)OCC(C(O)C(C)(F)F)O1. The fraction of sp³-hybridized carbons (Fsp3) is 1.00. The van der Waals surface area contributed by atoms with E-state index in [1.807, 2.05) is 0 Å². The van der Waals surface area contributed by atoms with Gasteiger partial charge in [-0.1, -0.05) is 0 Å². The van der Waals surface area contributed by atoms with Crippen molar-refractivity contribution in [3.05, 3.63) is 0 Å². The van der Waals surface area contributed by atoms with Crippen LogP contribution < -0.4 is 0 Å². The van der Waals surface area contributed by atoms with Crippen LogP contribution in [0, 0.1) is 0 Å². The van der Waals surface area contributed by atoms with E-state index in [0.29, 0.717) is 6.92 Å². The largest absolute Gasteiger partial charge is 0.384 e. The van der Waals surface area contributed by atoms with E-state index in [2.05, 4.69) is 0 Å². The van der Waals surface area contributed by atoms with Crippen molar-refractivity contribution in [2.75, 3.05) is 6.61 Å². The first-order valence-corrected chi connectivity index (χ1v) is 4.10. The lowest BCUT2D eigenvalue weighted by Gasteiger charge is -2.24. The highest BCUT2D eigenvalue weighted by atomic mass is 19.3. The van der Waals surface area contributed by atoms with Gasteiger partial charge < -0.3 is 14.6 Å². The molecule has 5 heteroatoms. The number of hydrogen-bond acceptors (Lipinski definition) is 3. The van der Waals surface area contributed by atoms with Crippen LogP contribution >= 0.6 is 0 Å². The van der Waals surface area contributed by atoms with Gasteiger partial charge in [-0.2, -0.15) is 0 Å². The highest BCUT2D eigenvalue weighted by Gasteiger charge is 2.45. The van der Waals surface area contributed by atoms with Gasteiger partial charge in [0.2, 0.25) is 0 Å². The van der Waals surface area contributed by atoms with Crippen LogP contribution in [0.2, 0.25) is 0 Å². The summed E-state index contributed by atoms with van der Waals surface area (Å²) in [5, 5.41) is 9.16. The Kier molecular flexibility index (Phi) is 2.62. The lowest BCUT2D eigenvalue weighted by atomic mass is 10.1. The van der Waals surface area contributed by atoms with Crippen molar-refractivity contribution < 1.29 is 23.4 Å². The van der Waals surface area contributed by atoms with Crippen molar-refractivity contribution >= 4 is 0 Å².